The Labute approximate surface area is 193 Å². The number of ether oxygens (including phenoxy) is 7. The van der Waals surface area contributed by atoms with E-state index in [1.54, 1.807) is 21.3 Å². The molecule has 2 atom stereocenters. The Balaban J connectivity index is 1.85. The summed E-state index contributed by atoms with van der Waals surface area (Å²) in [7, 11) is 4.68. The van der Waals surface area contributed by atoms with Gasteiger partial charge < -0.3 is 33.2 Å². The van der Waals surface area contributed by atoms with Crippen LogP contribution in [0.15, 0.2) is 24.3 Å². The molecule has 0 amide bonds. The SMILES string of the molecule is COc1cc([C@@H](CC(=O)OC(C)(C)C)c2cc3c(cc2C2CO2)OCO3)cc(OC)c1OC. The van der Waals surface area contributed by atoms with Gasteiger partial charge in [0.15, 0.2) is 23.0 Å². The lowest BCUT2D eigenvalue weighted by Gasteiger charge is -2.25. The van der Waals surface area contributed by atoms with Crippen LogP contribution in [0.25, 0.3) is 0 Å². The second-order valence-electron chi connectivity index (χ2n) is 8.96. The van der Waals surface area contributed by atoms with E-state index < -0.39 is 5.60 Å². The molecule has 2 aliphatic rings. The molecule has 0 N–H and O–H groups in total. The van der Waals surface area contributed by atoms with Crippen LogP contribution in [0.4, 0.5) is 0 Å². The van der Waals surface area contributed by atoms with E-state index in [-0.39, 0.29) is 31.2 Å². The van der Waals surface area contributed by atoms with Crippen molar-refractivity contribution in [2.45, 2.75) is 44.8 Å². The average Bonchev–Trinajstić information content (AvgIpc) is 3.52. The molecule has 1 saturated heterocycles. The molecule has 2 aliphatic heterocycles. The second-order valence-corrected chi connectivity index (χ2v) is 8.96. The van der Waals surface area contributed by atoms with E-state index in [9.17, 15) is 4.79 Å². The molecule has 2 aromatic carbocycles. The maximum absolute atomic E-state index is 13.0. The highest BCUT2D eigenvalue weighted by Crippen LogP contribution is 2.48. The molecule has 0 aliphatic carbocycles. The van der Waals surface area contributed by atoms with Crippen molar-refractivity contribution < 1.29 is 38.0 Å². The molecule has 0 radical (unpaired) electrons. The Kier molecular flexibility index (Phi) is 6.30. The topological polar surface area (TPSA) is 85.0 Å². The third-order valence-corrected chi connectivity index (χ3v) is 5.51. The Bertz CT molecular complexity index is 1010. The molecule has 1 fully saturated rings. The van der Waals surface area contributed by atoms with Crippen molar-refractivity contribution in [3.05, 3.63) is 41.0 Å². The van der Waals surface area contributed by atoms with E-state index in [0.717, 1.165) is 16.7 Å². The molecule has 0 spiro atoms. The van der Waals surface area contributed by atoms with Crippen molar-refractivity contribution in [3.8, 4) is 28.7 Å². The second kappa shape index (κ2) is 9.02. The van der Waals surface area contributed by atoms with Gasteiger partial charge in [0.1, 0.15) is 11.7 Å². The molecule has 0 bridgehead atoms. The summed E-state index contributed by atoms with van der Waals surface area (Å²) in [6, 6.07) is 7.59. The minimum atomic E-state index is -0.603. The zero-order valence-corrected chi connectivity index (χ0v) is 19.9. The summed E-state index contributed by atoms with van der Waals surface area (Å²) >= 11 is 0. The van der Waals surface area contributed by atoms with Crippen LogP contribution in [0, 0.1) is 0 Å². The normalized spacial score (nSPS) is 17.3. The van der Waals surface area contributed by atoms with Gasteiger partial charge in [-0.05, 0) is 61.7 Å². The minimum Gasteiger partial charge on any atom is -0.493 e. The summed E-state index contributed by atoms with van der Waals surface area (Å²) in [6.07, 6.45) is 0.0487. The zero-order chi connectivity index (χ0) is 23.8. The molecule has 0 saturated carbocycles. The molecule has 8 nitrogen and oxygen atoms in total. The zero-order valence-electron chi connectivity index (χ0n) is 19.9. The summed E-state index contributed by atoms with van der Waals surface area (Å²) in [4.78, 5) is 13.0. The predicted octanol–water partition coefficient (Wildman–Crippen LogP) is 4.38. The first-order valence-corrected chi connectivity index (χ1v) is 10.8. The highest BCUT2D eigenvalue weighted by atomic mass is 16.7. The van der Waals surface area contributed by atoms with Gasteiger partial charge >= 0.3 is 5.97 Å². The first-order chi connectivity index (χ1) is 15.7. The maximum Gasteiger partial charge on any atom is 0.307 e. The maximum atomic E-state index is 13.0. The smallest absolute Gasteiger partial charge is 0.307 e. The van der Waals surface area contributed by atoms with Crippen molar-refractivity contribution in [1.82, 2.24) is 0 Å². The molecule has 178 valence electrons. The number of methoxy groups -OCH3 is 3. The van der Waals surface area contributed by atoms with Crippen LogP contribution in [0.3, 0.4) is 0 Å². The Hall–Kier alpha value is -3.13. The van der Waals surface area contributed by atoms with Crippen LogP contribution in [-0.4, -0.2) is 46.3 Å². The summed E-state index contributed by atoms with van der Waals surface area (Å²) in [5.41, 5.74) is 2.08. The van der Waals surface area contributed by atoms with Crippen LogP contribution in [0.5, 0.6) is 28.7 Å². The lowest BCUT2D eigenvalue weighted by atomic mass is 9.84. The van der Waals surface area contributed by atoms with Gasteiger partial charge in [0.05, 0.1) is 34.4 Å². The number of carbonyl (C=O) groups excluding carboxylic acids is 1. The van der Waals surface area contributed by atoms with E-state index in [2.05, 4.69) is 0 Å². The Morgan fingerprint density at radius 2 is 1.61 bits per heavy atom. The van der Waals surface area contributed by atoms with E-state index in [1.165, 1.54) is 0 Å². The fourth-order valence-electron chi connectivity index (χ4n) is 4.04. The van der Waals surface area contributed by atoms with Crippen LogP contribution in [0.1, 0.15) is 55.9 Å². The molecule has 0 aromatic heterocycles. The number of hydrogen-bond acceptors (Lipinski definition) is 8. The third kappa shape index (κ3) is 4.95. The van der Waals surface area contributed by atoms with Gasteiger partial charge in [0.2, 0.25) is 12.5 Å². The predicted molar refractivity (Wildman–Crippen MR) is 120 cm³/mol. The fourth-order valence-corrected chi connectivity index (χ4v) is 4.04. The first kappa shape index (κ1) is 23.0. The van der Waals surface area contributed by atoms with Gasteiger partial charge in [-0.2, -0.15) is 0 Å². The number of epoxide rings is 1. The third-order valence-electron chi connectivity index (χ3n) is 5.51. The number of benzene rings is 2. The van der Waals surface area contributed by atoms with Crippen molar-refractivity contribution in [1.29, 1.82) is 0 Å². The number of hydrogen-bond donors (Lipinski definition) is 0. The molecule has 33 heavy (non-hydrogen) atoms. The standard InChI is InChI=1S/C25H30O8/c1-25(2,3)33-23(26)11-15(14-7-20(27-4)24(29-6)21(8-14)28-5)16-9-18-19(32-13-31-18)10-17(16)22-12-30-22/h7-10,15,22H,11-13H2,1-6H3/t15-,22?/m1/s1. The quantitative estimate of drug-likeness (QED) is 0.426. The highest BCUT2D eigenvalue weighted by molar-refractivity contribution is 5.73. The summed E-state index contributed by atoms with van der Waals surface area (Å²) in [6.45, 7) is 6.32. The van der Waals surface area contributed by atoms with Gasteiger partial charge in [0, 0.05) is 5.92 Å². The number of fused-ring (bicyclic) bond motifs is 1. The minimum absolute atomic E-state index is 0.0577. The summed E-state index contributed by atoms with van der Waals surface area (Å²) in [5, 5.41) is 0. The van der Waals surface area contributed by atoms with Gasteiger partial charge in [-0.3, -0.25) is 4.79 Å². The lowest BCUT2D eigenvalue weighted by Crippen LogP contribution is -2.25. The largest absolute Gasteiger partial charge is 0.493 e. The number of esters is 1. The Morgan fingerprint density at radius 3 is 2.12 bits per heavy atom. The van der Waals surface area contributed by atoms with Crippen molar-refractivity contribution in [2.75, 3.05) is 34.7 Å². The molecule has 1 unspecified atom stereocenters. The molecule has 2 aromatic rings. The first-order valence-electron chi connectivity index (χ1n) is 10.8. The van der Waals surface area contributed by atoms with Gasteiger partial charge in [-0.15, -0.1) is 0 Å². The number of rotatable bonds is 8. The lowest BCUT2D eigenvalue weighted by molar-refractivity contribution is -0.155. The molecular weight excluding hydrogens is 428 g/mol. The Morgan fingerprint density at radius 1 is 1.00 bits per heavy atom. The molecule has 2 heterocycles. The number of carbonyl (C=O) groups is 1. The highest BCUT2D eigenvalue weighted by Gasteiger charge is 2.35. The van der Waals surface area contributed by atoms with Crippen molar-refractivity contribution in [2.24, 2.45) is 0 Å². The van der Waals surface area contributed by atoms with Crippen LogP contribution < -0.4 is 23.7 Å². The monoisotopic (exact) mass is 458 g/mol. The van der Waals surface area contributed by atoms with Gasteiger partial charge in [-0.25, -0.2) is 0 Å². The van der Waals surface area contributed by atoms with Crippen LogP contribution >= 0.6 is 0 Å². The van der Waals surface area contributed by atoms with Gasteiger partial charge in [-0.1, -0.05) is 0 Å². The van der Waals surface area contributed by atoms with Crippen LogP contribution in [-0.2, 0) is 14.3 Å². The van der Waals surface area contributed by atoms with Crippen LogP contribution in [0.2, 0.25) is 0 Å². The summed E-state index contributed by atoms with van der Waals surface area (Å²) < 4.78 is 39.1. The molecule has 8 heteroatoms. The van der Waals surface area contributed by atoms with Crippen molar-refractivity contribution in [3.63, 3.8) is 0 Å². The molecule has 4 rings (SSSR count). The average molecular weight is 459 g/mol. The molecular formula is C25H30O8. The van der Waals surface area contributed by atoms with E-state index in [0.29, 0.717) is 35.4 Å². The van der Waals surface area contributed by atoms with E-state index in [1.807, 2.05) is 45.0 Å². The van der Waals surface area contributed by atoms with Gasteiger partial charge in [0.25, 0.3) is 0 Å². The van der Waals surface area contributed by atoms with Crippen molar-refractivity contribution >= 4 is 5.97 Å². The fraction of sp³-hybridized carbons (Fsp3) is 0.480. The van der Waals surface area contributed by atoms with E-state index >= 15 is 0 Å². The van der Waals surface area contributed by atoms with E-state index in [4.69, 9.17) is 33.2 Å². The summed E-state index contributed by atoms with van der Waals surface area (Å²) in [5.74, 6) is 2.11.